The number of hydrogen-bond donors (Lipinski definition) is 1. The number of aromatic nitrogens is 1. The maximum absolute atomic E-state index is 12.4. The Kier molecular flexibility index (Phi) is 3.62. The molecular formula is C16H16N2O3S. The van der Waals surface area contributed by atoms with Gasteiger partial charge in [-0.05, 0) is 36.2 Å². The van der Waals surface area contributed by atoms with Crippen molar-refractivity contribution in [1.29, 1.82) is 0 Å². The minimum Gasteiger partial charge on any atom is -0.441 e. The first-order chi connectivity index (χ1) is 10.5. The van der Waals surface area contributed by atoms with Crippen LogP contribution in [0.25, 0.3) is 11.1 Å². The van der Waals surface area contributed by atoms with Gasteiger partial charge in [-0.15, -0.1) is 0 Å². The number of nitrogens with zero attached hydrogens (tertiary/aromatic N) is 1. The van der Waals surface area contributed by atoms with Gasteiger partial charge < -0.3 is 4.42 Å². The molecule has 0 bridgehead atoms. The van der Waals surface area contributed by atoms with Crippen LogP contribution < -0.4 is 4.72 Å². The minimum absolute atomic E-state index is 0.149. The Morgan fingerprint density at radius 2 is 1.86 bits per heavy atom. The van der Waals surface area contributed by atoms with E-state index in [1.807, 2.05) is 19.1 Å². The molecular weight excluding hydrogens is 300 g/mol. The molecule has 3 aromatic rings. The molecule has 0 spiro atoms. The highest BCUT2D eigenvalue weighted by atomic mass is 32.2. The van der Waals surface area contributed by atoms with Gasteiger partial charge in [-0.3, -0.25) is 4.72 Å². The van der Waals surface area contributed by atoms with Crippen molar-refractivity contribution in [3.63, 3.8) is 0 Å². The van der Waals surface area contributed by atoms with E-state index in [0.717, 1.165) is 12.0 Å². The summed E-state index contributed by atoms with van der Waals surface area (Å²) in [6, 6.07) is 12.0. The molecule has 0 saturated heterocycles. The van der Waals surface area contributed by atoms with Crippen LogP contribution in [0.5, 0.6) is 0 Å². The third-order valence-corrected chi connectivity index (χ3v) is 4.77. The smallest absolute Gasteiger partial charge is 0.262 e. The van der Waals surface area contributed by atoms with Gasteiger partial charge in [-0.2, -0.15) is 0 Å². The molecule has 5 nitrogen and oxygen atoms in total. The highest BCUT2D eigenvalue weighted by Crippen LogP contribution is 2.22. The third kappa shape index (κ3) is 2.82. The summed E-state index contributed by atoms with van der Waals surface area (Å²) in [6.07, 6.45) is 0.911. The molecule has 1 N–H and O–H groups in total. The van der Waals surface area contributed by atoms with Gasteiger partial charge in [0.2, 0.25) is 0 Å². The molecule has 0 saturated carbocycles. The molecule has 0 aliphatic rings. The fraction of sp³-hybridized carbons (Fsp3) is 0.188. The van der Waals surface area contributed by atoms with E-state index in [0.29, 0.717) is 22.7 Å². The molecule has 0 unspecified atom stereocenters. The summed E-state index contributed by atoms with van der Waals surface area (Å²) in [4.78, 5) is 4.31. The van der Waals surface area contributed by atoms with Gasteiger partial charge in [-0.25, -0.2) is 13.4 Å². The number of fused-ring (bicyclic) bond motifs is 1. The second-order valence-electron chi connectivity index (χ2n) is 5.02. The van der Waals surface area contributed by atoms with Crippen molar-refractivity contribution >= 4 is 26.8 Å². The van der Waals surface area contributed by atoms with E-state index >= 15 is 0 Å². The van der Waals surface area contributed by atoms with Crippen molar-refractivity contribution in [3.05, 3.63) is 53.9 Å². The zero-order chi connectivity index (χ0) is 15.7. The highest BCUT2D eigenvalue weighted by Gasteiger charge is 2.16. The zero-order valence-corrected chi connectivity index (χ0v) is 13.1. The van der Waals surface area contributed by atoms with Crippen LogP contribution in [0.1, 0.15) is 18.4 Å². The number of sulfonamides is 1. The number of aryl methyl sites for hydroxylation is 2. The minimum atomic E-state index is -3.65. The summed E-state index contributed by atoms with van der Waals surface area (Å²) in [5.41, 5.74) is 2.79. The molecule has 0 amide bonds. The number of rotatable bonds is 4. The summed E-state index contributed by atoms with van der Waals surface area (Å²) in [5, 5.41) is 0. The molecule has 1 heterocycles. The van der Waals surface area contributed by atoms with Crippen LogP contribution in [0.15, 0.2) is 51.8 Å². The number of hydrogen-bond acceptors (Lipinski definition) is 4. The largest absolute Gasteiger partial charge is 0.441 e. The standard InChI is InChI=1S/C16H16N2O3S/c1-3-12-4-6-13(7-5-12)18-22(19,20)14-8-9-15-16(10-14)21-11(2)17-15/h4-10,18H,3H2,1-2H3. The molecule has 0 radical (unpaired) electrons. The van der Waals surface area contributed by atoms with Gasteiger partial charge in [0.15, 0.2) is 11.5 Å². The summed E-state index contributed by atoms with van der Waals surface area (Å²) in [6.45, 7) is 3.77. The number of nitrogens with one attached hydrogen (secondary N) is 1. The van der Waals surface area contributed by atoms with Crippen molar-refractivity contribution < 1.29 is 12.8 Å². The van der Waals surface area contributed by atoms with Crippen LogP contribution in [0, 0.1) is 6.92 Å². The van der Waals surface area contributed by atoms with Crippen LogP contribution in [0.3, 0.4) is 0 Å². The first-order valence-electron chi connectivity index (χ1n) is 6.97. The molecule has 0 aliphatic carbocycles. The molecule has 114 valence electrons. The SMILES string of the molecule is CCc1ccc(NS(=O)(=O)c2ccc3nc(C)oc3c2)cc1. The van der Waals surface area contributed by atoms with Crippen molar-refractivity contribution in [1.82, 2.24) is 4.98 Å². The van der Waals surface area contributed by atoms with Crippen LogP contribution in [0.2, 0.25) is 0 Å². The Bertz CT molecular complexity index is 912. The van der Waals surface area contributed by atoms with Gasteiger partial charge in [0, 0.05) is 18.7 Å². The maximum Gasteiger partial charge on any atom is 0.262 e. The Labute approximate surface area is 129 Å². The Balaban J connectivity index is 1.92. The van der Waals surface area contributed by atoms with E-state index in [1.165, 1.54) is 12.1 Å². The van der Waals surface area contributed by atoms with Gasteiger partial charge in [0.25, 0.3) is 10.0 Å². The van der Waals surface area contributed by atoms with Crippen molar-refractivity contribution in [3.8, 4) is 0 Å². The normalized spacial score (nSPS) is 11.7. The summed E-state index contributed by atoms with van der Waals surface area (Å²) in [5.74, 6) is 0.507. The Morgan fingerprint density at radius 3 is 2.55 bits per heavy atom. The van der Waals surface area contributed by atoms with Crippen molar-refractivity contribution in [2.45, 2.75) is 25.2 Å². The lowest BCUT2D eigenvalue weighted by molar-refractivity contribution is 0.559. The topological polar surface area (TPSA) is 72.2 Å². The van der Waals surface area contributed by atoms with Crippen molar-refractivity contribution in [2.24, 2.45) is 0 Å². The third-order valence-electron chi connectivity index (χ3n) is 3.39. The zero-order valence-electron chi connectivity index (χ0n) is 12.3. The number of anilines is 1. The maximum atomic E-state index is 12.4. The van der Waals surface area contributed by atoms with E-state index in [2.05, 4.69) is 9.71 Å². The Morgan fingerprint density at radius 1 is 1.14 bits per heavy atom. The highest BCUT2D eigenvalue weighted by molar-refractivity contribution is 7.92. The average Bonchev–Trinajstić information content (AvgIpc) is 2.86. The van der Waals surface area contributed by atoms with Crippen LogP contribution >= 0.6 is 0 Å². The monoisotopic (exact) mass is 316 g/mol. The summed E-state index contributed by atoms with van der Waals surface area (Å²) >= 11 is 0. The molecule has 0 atom stereocenters. The quantitative estimate of drug-likeness (QED) is 0.799. The molecule has 0 fully saturated rings. The second kappa shape index (κ2) is 5.46. The predicted molar refractivity (Wildman–Crippen MR) is 85.4 cm³/mol. The second-order valence-corrected chi connectivity index (χ2v) is 6.70. The van der Waals surface area contributed by atoms with Gasteiger partial charge in [0.05, 0.1) is 4.90 Å². The van der Waals surface area contributed by atoms with Gasteiger partial charge >= 0.3 is 0 Å². The van der Waals surface area contributed by atoms with E-state index in [4.69, 9.17) is 4.42 Å². The fourth-order valence-electron chi connectivity index (χ4n) is 2.21. The molecule has 0 aliphatic heterocycles. The van der Waals surface area contributed by atoms with Crippen LogP contribution in [-0.4, -0.2) is 13.4 Å². The molecule has 2 aromatic carbocycles. The first-order valence-corrected chi connectivity index (χ1v) is 8.45. The van der Waals surface area contributed by atoms with Crippen molar-refractivity contribution in [2.75, 3.05) is 4.72 Å². The summed E-state index contributed by atoms with van der Waals surface area (Å²) < 4.78 is 32.8. The van der Waals surface area contributed by atoms with Crippen LogP contribution in [0.4, 0.5) is 5.69 Å². The van der Waals surface area contributed by atoms with E-state index in [1.54, 1.807) is 25.1 Å². The first kappa shape index (κ1) is 14.6. The van der Waals surface area contributed by atoms with Gasteiger partial charge in [0.1, 0.15) is 5.52 Å². The molecule has 3 rings (SSSR count). The van der Waals surface area contributed by atoms with E-state index in [9.17, 15) is 8.42 Å². The average molecular weight is 316 g/mol. The van der Waals surface area contributed by atoms with Crippen LogP contribution in [-0.2, 0) is 16.4 Å². The lowest BCUT2D eigenvalue weighted by Crippen LogP contribution is -2.12. The number of oxazole rings is 1. The summed E-state index contributed by atoms with van der Waals surface area (Å²) in [7, 11) is -3.65. The Hall–Kier alpha value is -2.34. The molecule has 22 heavy (non-hydrogen) atoms. The molecule has 1 aromatic heterocycles. The van der Waals surface area contributed by atoms with E-state index < -0.39 is 10.0 Å². The predicted octanol–water partition coefficient (Wildman–Crippen LogP) is 3.50. The van der Waals surface area contributed by atoms with E-state index in [-0.39, 0.29) is 4.90 Å². The molecule has 6 heteroatoms. The fourth-order valence-corrected chi connectivity index (χ4v) is 3.28. The lowest BCUT2D eigenvalue weighted by Gasteiger charge is -2.08. The lowest BCUT2D eigenvalue weighted by atomic mass is 10.2. The van der Waals surface area contributed by atoms with Gasteiger partial charge in [-0.1, -0.05) is 19.1 Å². The number of benzene rings is 2.